The minimum Gasteiger partial charge on any atom is -0.0938 e. The van der Waals surface area contributed by atoms with Gasteiger partial charge in [-0.3, -0.25) is 0 Å². The lowest BCUT2D eigenvalue weighted by molar-refractivity contribution is 0.392. The highest BCUT2D eigenvalue weighted by Gasteiger charge is 2.28. The van der Waals surface area contributed by atoms with E-state index < -0.39 is 0 Å². The van der Waals surface area contributed by atoms with Gasteiger partial charge in [-0.2, -0.15) is 0 Å². The topological polar surface area (TPSA) is 0 Å². The van der Waals surface area contributed by atoms with Gasteiger partial charge in [-0.1, -0.05) is 42.4 Å². The first-order chi connectivity index (χ1) is 4.11. The van der Waals surface area contributed by atoms with Gasteiger partial charge >= 0.3 is 0 Å². The first kappa shape index (κ1) is 7.80. The van der Waals surface area contributed by atoms with Gasteiger partial charge in [0.25, 0.3) is 0 Å². The molecule has 0 nitrogen and oxygen atoms in total. The molecule has 1 heterocycles. The Hall–Kier alpha value is 0.700. The van der Waals surface area contributed by atoms with E-state index in [9.17, 15) is 0 Å². The lowest BCUT2D eigenvalue weighted by atomic mass is 9.90. The largest absolute Gasteiger partial charge is 0.0938 e. The van der Waals surface area contributed by atoms with Gasteiger partial charge in [0.15, 0.2) is 0 Å². The van der Waals surface area contributed by atoms with Crippen molar-refractivity contribution < 1.29 is 0 Å². The third kappa shape index (κ3) is 2.08. The highest BCUT2D eigenvalue weighted by atomic mass is 33.1. The Morgan fingerprint density at radius 2 is 2.00 bits per heavy atom. The Balaban J connectivity index is 2.42. The fraction of sp³-hybridized carbons (Fsp3) is 1.00. The van der Waals surface area contributed by atoms with Crippen molar-refractivity contribution in [3.63, 3.8) is 0 Å². The Labute approximate surface area is 65.6 Å². The van der Waals surface area contributed by atoms with Crippen molar-refractivity contribution in [2.45, 2.75) is 32.4 Å². The molecule has 0 spiro atoms. The average molecular weight is 162 g/mol. The molecular weight excluding hydrogens is 148 g/mol. The quantitative estimate of drug-likeness (QED) is 0.502. The molecule has 0 bridgehead atoms. The molecule has 54 valence electrons. The molecule has 1 aliphatic heterocycles. The van der Waals surface area contributed by atoms with E-state index in [4.69, 9.17) is 0 Å². The molecule has 0 aliphatic carbocycles. The molecule has 1 fully saturated rings. The monoisotopic (exact) mass is 162 g/mol. The summed E-state index contributed by atoms with van der Waals surface area (Å²) in [6.45, 7) is 6.99. The molecule has 0 aromatic rings. The normalized spacial score (nSPS) is 29.0. The molecule has 0 aromatic heterocycles. The third-order valence-corrected chi connectivity index (χ3v) is 4.93. The molecule has 1 rings (SSSR count). The van der Waals surface area contributed by atoms with Crippen LogP contribution in [-0.4, -0.2) is 11.0 Å². The molecule has 0 saturated carbocycles. The number of hydrogen-bond acceptors (Lipinski definition) is 2. The van der Waals surface area contributed by atoms with Gasteiger partial charge in [0.2, 0.25) is 0 Å². The van der Waals surface area contributed by atoms with Gasteiger partial charge < -0.3 is 0 Å². The van der Waals surface area contributed by atoms with Crippen LogP contribution in [0, 0.1) is 5.41 Å². The van der Waals surface area contributed by atoms with Crippen LogP contribution in [0.2, 0.25) is 0 Å². The molecule has 0 amide bonds. The highest BCUT2D eigenvalue weighted by Crippen LogP contribution is 2.45. The summed E-state index contributed by atoms with van der Waals surface area (Å²) in [6.07, 6.45) is 1.40. The smallest absolute Gasteiger partial charge is 0.0208 e. The third-order valence-electron chi connectivity index (χ3n) is 1.61. The molecule has 1 saturated heterocycles. The van der Waals surface area contributed by atoms with E-state index in [1.165, 1.54) is 12.2 Å². The van der Waals surface area contributed by atoms with Crippen LogP contribution >= 0.6 is 21.6 Å². The first-order valence-corrected chi connectivity index (χ1v) is 5.77. The minimum absolute atomic E-state index is 0.522. The zero-order valence-corrected chi connectivity index (χ0v) is 7.94. The van der Waals surface area contributed by atoms with E-state index in [1.54, 1.807) is 0 Å². The summed E-state index contributed by atoms with van der Waals surface area (Å²) in [5.74, 6) is 1.35. The van der Waals surface area contributed by atoms with Crippen molar-refractivity contribution in [2.75, 3.05) is 5.75 Å². The van der Waals surface area contributed by atoms with Crippen LogP contribution in [0.1, 0.15) is 27.2 Å². The van der Waals surface area contributed by atoms with Gasteiger partial charge in [0.05, 0.1) is 0 Å². The fourth-order valence-electron chi connectivity index (χ4n) is 0.911. The van der Waals surface area contributed by atoms with Gasteiger partial charge in [0, 0.05) is 11.0 Å². The Morgan fingerprint density at radius 3 is 2.22 bits per heavy atom. The molecular formula is C7H14S2. The summed E-state index contributed by atoms with van der Waals surface area (Å²) in [7, 11) is 4.09. The summed E-state index contributed by atoms with van der Waals surface area (Å²) in [5, 5.41) is 0.891. The molecule has 1 unspecified atom stereocenters. The zero-order chi connectivity index (χ0) is 6.91. The van der Waals surface area contributed by atoms with Crippen molar-refractivity contribution >= 4 is 21.6 Å². The molecule has 1 aliphatic rings. The van der Waals surface area contributed by atoms with Crippen molar-refractivity contribution in [3.8, 4) is 0 Å². The van der Waals surface area contributed by atoms with E-state index >= 15 is 0 Å². The Kier molecular flexibility index (Phi) is 2.38. The molecule has 0 N–H and O–H groups in total. The van der Waals surface area contributed by atoms with Gasteiger partial charge in [-0.05, 0) is 11.8 Å². The second-order valence-corrected chi connectivity index (χ2v) is 6.25. The van der Waals surface area contributed by atoms with Crippen LogP contribution in [0.5, 0.6) is 0 Å². The summed E-state index contributed by atoms with van der Waals surface area (Å²) in [5.41, 5.74) is 0.522. The highest BCUT2D eigenvalue weighted by molar-refractivity contribution is 8.77. The first-order valence-electron chi connectivity index (χ1n) is 3.39. The van der Waals surface area contributed by atoms with Gasteiger partial charge in [-0.25, -0.2) is 0 Å². The van der Waals surface area contributed by atoms with E-state index in [-0.39, 0.29) is 0 Å². The summed E-state index contributed by atoms with van der Waals surface area (Å²) < 4.78 is 0. The van der Waals surface area contributed by atoms with E-state index in [1.807, 2.05) is 10.8 Å². The second-order valence-electron chi connectivity index (χ2n) is 3.56. The van der Waals surface area contributed by atoms with Crippen molar-refractivity contribution in [2.24, 2.45) is 5.41 Å². The Bertz CT molecular complexity index is 87.6. The van der Waals surface area contributed by atoms with Crippen LogP contribution in [0.4, 0.5) is 0 Å². The maximum atomic E-state index is 2.33. The molecule has 0 aromatic carbocycles. The molecule has 0 radical (unpaired) electrons. The number of hydrogen-bond donors (Lipinski definition) is 0. The van der Waals surface area contributed by atoms with Crippen LogP contribution in [-0.2, 0) is 0 Å². The average Bonchev–Trinajstić information content (AvgIpc) is 2.08. The van der Waals surface area contributed by atoms with Crippen molar-refractivity contribution in [1.82, 2.24) is 0 Å². The van der Waals surface area contributed by atoms with Gasteiger partial charge in [0.1, 0.15) is 0 Å². The molecule has 9 heavy (non-hydrogen) atoms. The lowest BCUT2D eigenvalue weighted by Gasteiger charge is -2.24. The van der Waals surface area contributed by atoms with Crippen LogP contribution in [0.3, 0.4) is 0 Å². The maximum Gasteiger partial charge on any atom is 0.0208 e. The van der Waals surface area contributed by atoms with Gasteiger partial charge in [-0.15, -0.1) is 0 Å². The predicted octanol–water partition coefficient (Wildman–Crippen LogP) is 3.19. The zero-order valence-electron chi connectivity index (χ0n) is 6.31. The second kappa shape index (κ2) is 2.75. The summed E-state index contributed by atoms with van der Waals surface area (Å²) >= 11 is 0. The standard InChI is InChI=1S/C7H14S2/c1-7(2,3)6-4-5-8-9-6/h6H,4-5H2,1-3H3. The van der Waals surface area contributed by atoms with E-state index in [2.05, 4.69) is 31.6 Å². The van der Waals surface area contributed by atoms with Crippen LogP contribution in [0.25, 0.3) is 0 Å². The van der Waals surface area contributed by atoms with Crippen molar-refractivity contribution in [3.05, 3.63) is 0 Å². The Morgan fingerprint density at radius 1 is 1.33 bits per heavy atom. The maximum absolute atomic E-state index is 2.33. The number of rotatable bonds is 0. The minimum atomic E-state index is 0.522. The van der Waals surface area contributed by atoms with E-state index in [0.717, 1.165) is 5.25 Å². The summed E-state index contributed by atoms with van der Waals surface area (Å²) in [6, 6.07) is 0. The summed E-state index contributed by atoms with van der Waals surface area (Å²) in [4.78, 5) is 0. The lowest BCUT2D eigenvalue weighted by Crippen LogP contribution is -2.20. The molecule has 1 atom stereocenters. The predicted molar refractivity (Wildman–Crippen MR) is 47.9 cm³/mol. The van der Waals surface area contributed by atoms with Crippen molar-refractivity contribution in [1.29, 1.82) is 0 Å². The van der Waals surface area contributed by atoms with Crippen LogP contribution in [0.15, 0.2) is 0 Å². The molecule has 2 heteroatoms. The SMILES string of the molecule is CC(C)(C)C1CCSS1. The van der Waals surface area contributed by atoms with Crippen LogP contribution < -0.4 is 0 Å². The fourth-order valence-corrected chi connectivity index (χ4v) is 4.38. The van der Waals surface area contributed by atoms with E-state index in [0.29, 0.717) is 5.41 Å².